The largest absolute Gasteiger partial charge is 0.278 e. The summed E-state index contributed by atoms with van der Waals surface area (Å²) in [6.45, 7) is 0. The predicted molar refractivity (Wildman–Crippen MR) is 185 cm³/mol. The molecule has 45 heavy (non-hydrogen) atoms. The molecule has 0 amide bonds. The Labute approximate surface area is 259 Å². The van der Waals surface area contributed by atoms with Gasteiger partial charge in [-0.3, -0.25) is 4.57 Å². The van der Waals surface area contributed by atoms with Crippen LogP contribution in [0.25, 0.3) is 83.2 Å². The lowest BCUT2D eigenvalue weighted by Gasteiger charge is -2.12. The Morgan fingerprint density at radius 3 is 1.76 bits per heavy atom. The van der Waals surface area contributed by atoms with Gasteiger partial charge in [0, 0.05) is 21.9 Å². The normalized spacial score (nSPS) is 11.6. The van der Waals surface area contributed by atoms with Crippen molar-refractivity contribution >= 4 is 43.4 Å². The Kier molecular flexibility index (Phi) is 5.78. The van der Waals surface area contributed by atoms with Crippen molar-refractivity contribution in [3.8, 4) is 39.9 Å². The zero-order chi connectivity index (χ0) is 29.7. The number of nitrogens with zero attached hydrogens (tertiary/aromatic N) is 4. The van der Waals surface area contributed by atoms with Gasteiger partial charge in [0.2, 0.25) is 5.95 Å². The van der Waals surface area contributed by atoms with Gasteiger partial charge in [0.15, 0.2) is 11.6 Å². The summed E-state index contributed by atoms with van der Waals surface area (Å²) in [7, 11) is 0. The van der Waals surface area contributed by atoms with Gasteiger partial charge in [-0.15, -0.1) is 0 Å². The molecule has 0 N–H and O–H groups in total. The average Bonchev–Trinajstić information content (AvgIpc) is 3.47. The molecule has 0 aliphatic rings. The van der Waals surface area contributed by atoms with E-state index in [2.05, 4.69) is 156 Å². The fraction of sp³-hybridized carbons (Fsp3) is 0. The smallest absolute Gasteiger partial charge is 0.238 e. The molecule has 7 aromatic carbocycles. The van der Waals surface area contributed by atoms with Crippen molar-refractivity contribution in [3.63, 3.8) is 0 Å². The van der Waals surface area contributed by atoms with Crippen molar-refractivity contribution in [2.75, 3.05) is 0 Å². The number of aromatic nitrogens is 4. The monoisotopic (exact) mass is 574 g/mol. The number of hydrogen-bond acceptors (Lipinski definition) is 3. The fourth-order valence-electron chi connectivity index (χ4n) is 6.45. The lowest BCUT2D eigenvalue weighted by atomic mass is 10.0. The number of benzene rings is 7. The molecule has 4 nitrogen and oxygen atoms in total. The molecular weight excluding hydrogens is 548 g/mol. The molecule has 0 aliphatic heterocycles. The van der Waals surface area contributed by atoms with Crippen LogP contribution in [0.15, 0.2) is 158 Å². The molecule has 0 aliphatic carbocycles. The summed E-state index contributed by atoms with van der Waals surface area (Å²) < 4.78 is 2.19. The quantitative estimate of drug-likeness (QED) is 0.210. The van der Waals surface area contributed by atoms with E-state index in [1.807, 2.05) is 6.07 Å². The third-order valence-corrected chi connectivity index (χ3v) is 8.64. The second-order valence-electron chi connectivity index (χ2n) is 11.3. The number of rotatable bonds is 4. The maximum Gasteiger partial charge on any atom is 0.238 e. The zero-order valence-electron chi connectivity index (χ0n) is 24.3. The summed E-state index contributed by atoms with van der Waals surface area (Å²) >= 11 is 0. The molecule has 0 bridgehead atoms. The second-order valence-corrected chi connectivity index (χ2v) is 11.3. The minimum atomic E-state index is 0.594. The standard InChI is InChI=1S/C41H26N4/c1-2-10-27(11-3-1)29-18-21-31(22-19-29)39-42-40(33-23-20-28-12-4-5-14-32(28)26-33)44-41(43-39)45-36-17-9-8-16-35(36)38-34-15-7-6-13-30(34)24-25-37(38)45/h1-26H. The van der Waals surface area contributed by atoms with Crippen molar-refractivity contribution in [2.24, 2.45) is 0 Å². The second kappa shape index (κ2) is 10.2. The fourth-order valence-corrected chi connectivity index (χ4v) is 6.45. The first kappa shape index (κ1) is 25.4. The minimum absolute atomic E-state index is 0.594. The van der Waals surface area contributed by atoms with E-state index in [0.29, 0.717) is 17.6 Å². The molecular formula is C41H26N4. The molecule has 0 saturated heterocycles. The van der Waals surface area contributed by atoms with Gasteiger partial charge in [-0.05, 0) is 50.9 Å². The number of hydrogen-bond donors (Lipinski definition) is 0. The Hall–Kier alpha value is -6.13. The average molecular weight is 575 g/mol. The first-order valence-electron chi connectivity index (χ1n) is 15.1. The highest BCUT2D eigenvalue weighted by molar-refractivity contribution is 6.21. The molecule has 0 unspecified atom stereocenters. The molecule has 4 heteroatoms. The van der Waals surface area contributed by atoms with Gasteiger partial charge in [0.1, 0.15) is 0 Å². The lowest BCUT2D eigenvalue weighted by Crippen LogP contribution is -2.06. The summed E-state index contributed by atoms with van der Waals surface area (Å²) in [5, 5.41) is 7.12. The topological polar surface area (TPSA) is 43.6 Å². The van der Waals surface area contributed by atoms with Gasteiger partial charge < -0.3 is 0 Å². The lowest BCUT2D eigenvalue weighted by molar-refractivity contribution is 0.954. The Bertz CT molecular complexity index is 2530. The van der Waals surface area contributed by atoms with E-state index in [1.165, 1.54) is 32.5 Å². The maximum atomic E-state index is 5.16. The van der Waals surface area contributed by atoms with E-state index >= 15 is 0 Å². The summed E-state index contributed by atoms with van der Waals surface area (Å²) in [6, 6.07) is 55.1. The maximum absolute atomic E-state index is 5.16. The molecule has 2 heterocycles. The van der Waals surface area contributed by atoms with Crippen LogP contribution in [-0.4, -0.2) is 19.5 Å². The highest BCUT2D eigenvalue weighted by Gasteiger charge is 2.19. The van der Waals surface area contributed by atoms with Crippen LogP contribution in [-0.2, 0) is 0 Å². The molecule has 2 aromatic heterocycles. The Morgan fingerprint density at radius 1 is 0.356 bits per heavy atom. The van der Waals surface area contributed by atoms with Crippen LogP contribution in [0.1, 0.15) is 0 Å². The van der Waals surface area contributed by atoms with E-state index in [1.54, 1.807) is 0 Å². The van der Waals surface area contributed by atoms with Crippen LogP contribution in [0.3, 0.4) is 0 Å². The Balaban J connectivity index is 1.30. The highest BCUT2D eigenvalue weighted by atomic mass is 15.2. The number of fused-ring (bicyclic) bond motifs is 6. The SMILES string of the molecule is c1ccc(-c2ccc(-c3nc(-c4ccc5ccccc5c4)nc(-n4c5ccccc5c5c6ccccc6ccc54)n3)cc2)cc1. The van der Waals surface area contributed by atoms with E-state index < -0.39 is 0 Å². The van der Waals surface area contributed by atoms with Crippen LogP contribution in [0.5, 0.6) is 0 Å². The van der Waals surface area contributed by atoms with Crippen molar-refractivity contribution in [1.29, 1.82) is 0 Å². The molecule has 9 aromatic rings. The summed E-state index contributed by atoms with van der Waals surface area (Å²) in [5.41, 5.74) is 6.34. The van der Waals surface area contributed by atoms with Crippen molar-refractivity contribution < 1.29 is 0 Å². The van der Waals surface area contributed by atoms with Crippen molar-refractivity contribution in [3.05, 3.63) is 158 Å². The van der Waals surface area contributed by atoms with E-state index in [-0.39, 0.29) is 0 Å². The van der Waals surface area contributed by atoms with Gasteiger partial charge in [-0.25, -0.2) is 4.98 Å². The molecule has 0 radical (unpaired) electrons. The van der Waals surface area contributed by atoms with Crippen LogP contribution >= 0.6 is 0 Å². The van der Waals surface area contributed by atoms with Gasteiger partial charge in [-0.1, -0.05) is 140 Å². The van der Waals surface area contributed by atoms with Crippen molar-refractivity contribution in [1.82, 2.24) is 19.5 Å². The van der Waals surface area contributed by atoms with Crippen molar-refractivity contribution in [2.45, 2.75) is 0 Å². The van der Waals surface area contributed by atoms with Crippen LogP contribution in [0, 0.1) is 0 Å². The van der Waals surface area contributed by atoms with Crippen LogP contribution in [0.2, 0.25) is 0 Å². The van der Waals surface area contributed by atoms with Gasteiger partial charge in [0.25, 0.3) is 0 Å². The van der Waals surface area contributed by atoms with Gasteiger partial charge in [-0.2, -0.15) is 9.97 Å². The van der Waals surface area contributed by atoms with E-state index in [4.69, 9.17) is 15.0 Å². The molecule has 0 fully saturated rings. The third-order valence-electron chi connectivity index (χ3n) is 8.64. The van der Waals surface area contributed by atoms with Gasteiger partial charge in [0.05, 0.1) is 11.0 Å². The minimum Gasteiger partial charge on any atom is -0.278 e. The van der Waals surface area contributed by atoms with E-state index in [9.17, 15) is 0 Å². The summed E-state index contributed by atoms with van der Waals surface area (Å²) in [4.78, 5) is 15.4. The molecule has 0 spiro atoms. The number of para-hydroxylation sites is 1. The zero-order valence-corrected chi connectivity index (χ0v) is 24.3. The van der Waals surface area contributed by atoms with Crippen LogP contribution in [0.4, 0.5) is 0 Å². The Morgan fingerprint density at radius 2 is 0.933 bits per heavy atom. The molecule has 0 atom stereocenters. The summed E-state index contributed by atoms with van der Waals surface area (Å²) in [5.74, 6) is 1.87. The van der Waals surface area contributed by atoms with Crippen LogP contribution < -0.4 is 0 Å². The molecule has 9 rings (SSSR count). The summed E-state index contributed by atoms with van der Waals surface area (Å²) in [6.07, 6.45) is 0. The highest BCUT2D eigenvalue weighted by Crippen LogP contribution is 2.37. The first-order chi connectivity index (χ1) is 22.3. The predicted octanol–water partition coefficient (Wildman–Crippen LogP) is 10.3. The van der Waals surface area contributed by atoms with Gasteiger partial charge >= 0.3 is 0 Å². The van der Waals surface area contributed by atoms with E-state index in [0.717, 1.165) is 33.1 Å². The molecule has 210 valence electrons. The first-order valence-corrected chi connectivity index (χ1v) is 15.1. The third kappa shape index (κ3) is 4.27. The molecule has 0 saturated carbocycles.